The topological polar surface area (TPSA) is 15.9 Å². The Labute approximate surface area is 83.0 Å². The third-order valence-corrected chi connectivity index (χ3v) is 1.71. The molecule has 0 radical (unpaired) electrons. The number of hydrogen-bond acceptors (Lipinski definition) is 2. The number of thiocarbonyl (C=S) groups is 1. The van der Waals surface area contributed by atoms with E-state index in [1.54, 1.807) is 0 Å². The Kier molecular flexibility index (Phi) is 3.90. The fourth-order valence-corrected chi connectivity index (χ4v) is 1.07. The van der Waals surface area contributed by atoms with Crippen LogP contribution >= 0.6 is 12.2 Å². The van der Waals surface area contributed by atoms with Gasteiger partial charge in [0.1, 0.15) is 0 Å². The maximum Gasteiger partial charge on any atom is 0.168 e. The maximum absolute atomic E-state index is 4.71. The van der Waals surface area contributed by atoms with Crippen LogP contribution in [0.2, 0.25) is 0 Å². The van der Waals surface area contributed by atoms with Crippen molar-refractivity contribution in [3.8, 4) is 0 Å². The highest BCUT2D eigenvalue weighted by Gasteiger charge is 1.94. The van der Waals surface area contributed by atoms with Gasteiger partial charge in [0.25, 0.3) is 0 Å². The van der Waals surface area contributed by atoms with E-state index in [9.17, 15) is 0 Å². The van der Waals surface area contributed by atoms with E-state index in [0.29, 0.717) is 4.32 Å². The monoisotopic (exact) mass is 198 g/mol. The molecule has 0 atom stereocenters. The van der Waals surface area contributed by atoms with Crippen molar-refractivity contribution in [2.24, 2.45) is 0 Å². The van der Waals surface area contributed by atoms with Crippen LogP contribution in [0.3, 0.4) is 0 Å². The third-order valence-electron chi connectivity index (χ3n) is 1.42. The van der Waals surface area contributed by atoms with Gasteiger partial charge in [0, 0.05) is 12.1 Å². The van der Waals surface area contributed by atoms with Crippen molar-refractivity contribution in [1.29, 1.82) is 0 Å². The Morgan fingerprint density at radius 3 is 2.58 bits per heavy atom. The first-order valence-electron chi connectivity index (χ1n) is 3.68. The lowest BCUT2D eigenvalue weighted by Crippen LogP contribution is -2.39. The first kappa shape index (κ1) is 9.35. The summed E-state index contributed by atoms with van der Waals surface area (Å²) in [6.07, 6.45) is 4.02. The molecule has 1 rings (SSSR count). The van der Waals surface area contributed by atoms with Crippen molar-refractivity contribution >= 4 is 29.2 Å². The summed E-state index contributed by atoms with van der Waals surface area (Å²) < 4.78 is 2.51. The van der Waals surface area contributed by atoms with E-state index in [1.807, 2.05) is 30.6 Å². The fourth-order valence-electron chi connectivity index (χ4n) is 0.870. The average molecular weight is 198 g/mol. The lowest BCUT2D eigenvalue weighted by molar-refractivity contribution is -0.694. The molecule has 0 aliphatic rings. The van der Waals surface area contributed by atoms with E-state index in [0.717, 1.165) is 13.1 Å². The minimum Gasteiger partial charge on any atom is -0.412 e. The van der Waals surface area contributed by atoms with Crippen molar-refractivity contribution in [2.45, 2.75) is 6.54 Å². The summed E-state index contributed by atoms with van der Waals surface area (Å²) in [5, 5.41) is 2.92. The van der Waals surface area contributed by atoms with Gasteiger partial charge in [0.15, 0.2) is 18.9 Å². The second-order valence-electron chi connectivity index (χ2n) is 2.33. The second-order valence-corrected chi connectivity index (χ2v) is 3.40. The molecule has 64 valence electrons. The van der Waals surface area contributed by atoms with Crippen molar-refractivity contribution in [2.75, 3.05) is 6.54 Å². The molecule has 12 heavy (non-hydrogen) atoms. The van der Waals surface area contributed by atoms with Gasteiger partial charge < -0.3 is 30.2 Å². The highest BCUT2D eigenvalue weighted by atomic mass is 32.1. The highest BCUT2D eigenvalue weighted by molar-refractivity contribution is 8.00. The van der Waals surface area contributed by atoms with Gasteiger partial charge in [-0.2, -0.15) is 0 Å². The van der Waals surface area contributed by atoms with Gasteiger partial charge in [-0.15, -0.1) is 0 Å². The predicted octanol–water partition coefficient (Wildman–Crippen LogP) is 0.395. The molecule has 0 amide bonds. The summed E-state index contributed by atoms with van der Waals surface area (Å²) >= 11 is 9.41. The van der Waals surface area contributed by atoms with Gasteiger partial charge in [0.2, 0.25) is 0 Å². The van der Waals surface area contributed by atoms with Crippen molar-refractivity contribution < 1.29 is 4.57 Å². The van der Waals surface area contributed by atoms with E-state index >= 15 is 0 Å². The molecular weight excluding hydrogens is 188 g/mol. The number of hydrogen-bond donors (Lipinski definition) is 1. The highest BCUT2D eigenvalue weighted by Crippen LogP contribution is 1.76. The molecule has 0 spiro atoms. The number of aromatic nitrogens is 1. The fraction of sp³-hybridized carbons (Fsp3) is 0.250. The quantitative estimate of drug-likeness (QED) is 0.430. The molecule has 1 heterocycles. The molecule has 0 saturated heterocycles. The summed E-state index contributed by atoms with van der Waals surface area (Å²) in [5.41, 5.74) is 0. The Morgan fingerprint density at radius 2 is 2.00 bits per heavy atom. The van der Waals surface area contributed by atoms with Crippen LogP contribution in [-0.2, 0) is 19.2 Å². The molecule has 4 heteroatoms. The van der Waals surface area contributed by atoms with E-state index < -0.39 is 0 Å². The lowest BCUT2D eigenvalue weighted by atomic mass is 10.5. The van der Waals surface area contributed by atoms with Gasteiger partial charge in [-0.25, -0.2) is 4.57 Å². The van der Waals surface area contributed by atoms with Crippen LogP contribution in [0.1, 0.15) is 0 Å². The zero-order chi connectivity index (χ0) is 8.81. The zero-order valence-electron chi connectivity index (χ0n) is 6.56. The number of nitrogens with zero attached hydrogens (tertiary/aromatic N) is 1. The molecular formula is C8H10N2S2. The van der Waals surface area contributed by atoms with Crippen molar-refractivity contribution in [1.82, 2.24) is 5.32 Å². The van der Waals surface area contributed by atoms with Crippen molar-refractivity contribution in [3.05, 3.63) is 30.6 Å². The number of rotatable bonds is 3. The van der Waals surface area contributed by atoms with Crippen LogP contribution in [0, 0.1) is 0 Å². The molecule has 1 aromatic rings. The van der Waals surface area contributed by atoms with Gasteiger partial charge in [-0.3, -0.25) is 0 Å². The molecule has 1 aromatic heterocycles. The number of nitrogens with one attached hydrogen (secondary N) is 1. The Balaban J connectivity index is 2.29. The van der Waals surface area contributed by atoms with Gasteiger partial charge in [-0.1, -0.05) is 10.4 Å². The van der Waals surface area contributed by atoms with E-state index in [2.05, 4.69) is 9.88 Å². The van der Waals surface area contributed by atoms with Gasteiger partial charge in [0.05, 0.1) is 6.54 Å². The van der Waals surface area contributed by atoms with Gasteiger partial charge in [-0.05, 0) is 0 Å². The first-order valence-corrected chi connectivity index (χ1v) is 4.49. The van der Waals surface area contributed by atoms with Crippen LogP contribution in [0.15, 0.2) is 30.6 Å². The first-order chi connectivity index (χ1) is 5.79. The largest absolute Gasteiger partial charge is 0.412 e. The molecule has 0 aliphatic carbocycles. The Bertz CT molecular complexity index is 248. The molecule has 1 N–H and O–H groups in total. The molecule has 0 fully saturated rings. The summed E-state index contributed by atoms with van der Waals surface area (Å²) in [5.74, 6) is 0. The van der Waals surface area contributed by atoms with Crippen molar-refractivity contribution in [3.63, 3.8) is 0 Å². The van der Waals surface area contributed by atoms with E-state index in [4.69, 9.17) is 24.8 Å². The molecule has 0 aliphatic heterocycles. The predicted molar refractivity (Wildman–Crippen MR) is 54.6 cm³/mol. The maximum atomic E-state index is 4.71. The van der Waals surface area contributed by atoms with Crippen LogP contribution in [0.4, 0.5) is 0 Å². The number of pyridine rings is 1. The second kappa shape index (κ2) is 5.00. The van der Waals surface area contributed by atoms with E-state index in [-0.39, 0.29) is 0 Å². The minimum atomic E-state index is 0.437. The molecule has 0 unspecified atom stereocenters. The summed E-state index contributed by atoms with van der Waals surface area (Å²) in [6, 6.07) is 5.97. The van der Waals surface area contributed by atoms with E-state index in [1.165, 1.54) is 0 Å². The minimum absolute atomic E-state index is 0.437. The Morgan fingerprint density at radius 1 is 1.33 bits per heavy atom. The summed E-state index contributed by atoms with van der Waals surface area (Å²) in [6.45, 7) is 1.68. The standard InChI is InChI=1S/C8H10N2S2/c11-8(12)9-4-7-10-5-2-1-3-6-10/h1-3,5-6H,4,7H2,(H-,9,11,12). The molecule has 0 saturated carbocycles. The molecule has 2 nitrogen and oxygen atoms in total. The lowest BCUT2D eigenvalue weighted by Gasteiger charge is -2.06. The average Bonchev–Trinajstić information content (AvgIpc) is 2.05. The van der Waals surface area contributed by atoms with Gasteiger partial charge >= 0.3 is 0 Å². The SMILES string of the molecule is S=C([S-])NCC[n+]1ccccc1. The van der Waals surface area contributed by atoms with Crippen LogP contribution < -0.4 is 9.88 Å². The van der Waals surface area contributed by atoms with Crippen LogP contribution in [0.5, 0.6) is 0 Å². The smallest absolute Gasteiger partial charge is 0.168 e. The summed E-state index contributed by atoms with van der Waals surface area (Å²) in [7, 11) is 0. The van der Waals surface area contributed by atoms with Crippen LogP contribution in [0.25, 0.3) is 0 Å². The summed E-state index contributed by atoms with van der Waals surface area (Å²) in [4.78, 5) is 0. The zero-order valence-corrected chi connectivity index (χ0v) is 8.20. The molecule has 0 bridgehead atoms. The third kappa shape index (κ3) is 3.59. The Hall–Kier alpha value is -0.740. The normalized spacial score (nSPS) is 9.33. The van der Waals surface area contributed by atoms with Crippen LogP contribution in [-0.4, -0.2) is 10.9 Å². The molecule has 0 aromatic carbocycles.